The molecular weight excluding hydrogens is 240 g/mol. The Hall–Kier alpha value is -1.35. The summed E-state index contributed by atoms with van der Waals surface area (Å²) in [6, 6.07) is 8.80. The Morgan fingerprint density at radius 3 is 2.83 bits per heavy atom. The van der Waals surface area contributed by atoms with Gasteiger partial charge >= 0.3 is 0 Å². The van der Waals surface area contributed by atoms with Crippen molar-refractivity contribution in [3.05, 3.63) is 42.0 Å². The van der Waals surface area contributed by atoms with Gasteiger partial charge in [-0.1, -0.05) is 24.3 Å². The van der Waals surface area contributed by atoms with Crippen molar-refractivity contribution in [1.29, 1.82) is 0 Å². The van der Waals surface area contributed by atoms with Crippen LogP contribution in [0.3, 0.4) is 0 Å². The van der Waals surface area contributed by atoms with Gasteiger partial charge in [0.25, 0.3) is 0 Å². The predicted molar refractivity (Wildman–Crippen MR) is 79.7 cm³/mol. The third kappa shape index (κ3) is 2.41. The minimum atomic E-state index is 0.518. The van der Waals surface area contributed by atoms with Gasteiger partial charge in [-0.3, -0.25) is 0 Å². The molecule has 2 N–H and O–H groups in total. The second-order valence-corrected chi connectivity index (χ2v) is 5.76. The number of thiocarbonyl (C=S) groups is 1. The average molecular weight is 258 g/mol. The highest BCUT2D eigenvalue weighted by Crippen LogP contribution is 2.38. The molecule has 94 valence electrons. The number of aryl methyl sites for hydroxylation is 1. The fourth-order valence-corrected chi connectivity index (χ4v) is 3.27. The quantitative estimate of drug-likeness (QED) is 0.629. The van der Waals surface area contributed by atoms with Crippen LogP contribution in [0.2, 0.25) is 0 Å². The molecule has 0 aliphatic heterocycles. The Morgan fingerprint density at radius 2 is 2.17 bits per heavy atom. The minimum Gasteiger partial charge on any atom is -0.359 e. The first kappa shape index (κ1) is 11.7. The summed E-state index contributed by atoms with van der Waals surface area (Å²) in [5.74, 6) is 1.45. The maximum atomic E-state index is 5.39. The SMILES string of the molecule is Cc1cccc(NC(=S)N[C@H]2C[C@@H]3C=C[C@@H]2C3)c1. The summed E-state index contributed by atoms with van der Waals surface area (Å²) >= 11 is 5.39. The molecule has 2 aliphatic rings. The van der Waals surface area contributed by atoms with E-state index < -0.39 is 0 Å². The second-order valence-electron chi connectivity index (χ2n) is 5.35. The van der Waals surface area contributed by atoms with Crippen molar-refractivity contribution in [1.82, 2.24) is 5.32 Å². The summed E-state index contributed by atoms with van der Waals surface area (Å²) in [5.41, 5.74) is 2.30. The van der Waals surface area contributed by atoms with Crippen molar-refractivity contribution in [2.45, 2.75) is 25.8 Å². The first-order valence-corrected chi connectivity index (χ1v) is 6.94. The van der Waals surface area contributed by atoms with Crippen LogP contribution in [0.5, 0.6) is 0 Å². The summed E-state index contributed by atoms with van der Waals surface area (Å²) < 4.78 is 0. The molecule has 18 heavy (non-hydrogen) atoms. The zero-order valence-electron chi connectivity index (χ0n) is 10.5. The molecule has 0 saturated heterocycles. The molecule has 2 nitrogen and oxygen atoms in total. The first-order valence-electron chi connectivity index (χ1n) is 6.53. The predicted octanol–water partition coefficient (Wildman–Crippen LogP) is 3.25. The third-order valence-corrected chi connectivity index (χ3v) is 4.09. The number of hydrogen-bond donors (Lipinski definition) is 2. The highest BCUT2D eigenvalue weighted by molar-refractivity contribution is 7.80. The number of hydrogen-bond acceptors (Lipinski definition) is 1. The molecule has 0 heterocycles. The van der Waals surface area contributed by atoms with Gasteiger partial charge in [-0.15, -0.1) is 0 Å². The number of anilines is 1. The summed E-state index contributed by atoms with van der Waals surface area (Å²) in [4.78, 5) is 0. The van der Waals surface area contributed by atoms with Gasteiger partial charge in [0.1, 0.15) is 0 Å². The van der Waals surface area contributed by atoms with Gasteiger partial charge in [0.15, 0.2) is 5.11 Å². The standard InChI is InChI=1S/C15H18N2S/c1-10-3-2-4-13(7-10)16-15(18)17-14-9-11-5-6-12(14)8-11/h2-7,11-12,14H,8-9H2,1H3,(H2,16,17,18)/t11-,12-,14+/m1/s1. The minimum absolute atomic E-state index is 0.518. The maximum Gasteiger partial charge on any atom is 0.171 e. The fraction of sp³-hybridized carbons (Fsp3) is 0.400. The molecule has 1 aromatic rings. The van der Waals surface area contributed by atoms with Crippen LogP contribution >= 0.6 is 12.2 Å². The lowest BCUT2D eigenvalue weighted by Crippen LogP contribution is -2.40. The van der Waals surface area contributed by atoms with Gasteiger partial charge in [0, 0.05) is 11.7 Å². The molecule has 0 radical (unpaired) electrons. The van der Waals surface area contributed by atoms with Crippen LogP contribution < -0.4 is 10.6 Å². The second kappa shape index (κ2) is 4.73. The highest BCUT2D eigenvalue weighted by atomic mass is 32.1. The zero-order chi connectivity index (χ0) is 12.5. The number of benzene rings is 1. The molecule has 0 aromatic heterocycles. The van der Waals surface area contributed by atoms with Gasteiger partial charge in [0.2, 0.25) is 0 Å². The van der Waals surface area contributed by atoms with Crippen LogP contribution in [0.25, 0.3) is 0 Å². The molecule has 0 unspecified atom stereocenters. The van der Waals surface area contributed by atoms with E-state index in [1.807, 2.05) is 12.1 Å². The van der Waals surface area contributed by atoms with Crippen molar-refractivity contribution in [3.63, 3.8) is 0 Å². The number of rotatable bonds is 2. The summed E-state index contributed by atoms with van der Waals surface area (Å²) in [6.45, 7) is 2.09. The zero-order valence-corrected chi connectivity index (χ0v) is 11.3. The molecular formula is C15H18N2S. The van der Waals surface area contributed by atoms with Gasteiger partial charge in [-0.2, -0.15) is 0 Å². The van der Waals surface area contributed by atoms with E-state index in [4.69, 9.17) is 12.2 Å². The van der Waals surface area contributed by atoms with Crippen LogP contribution in [0.4, 0.5) is 5.69 Å². The van der Waals surface area contributed by atoms with Crippen molar-refractivity contribution >= 4 is 23.0 Å². The van der Waals surface area contributed by atoms with Crippen LogP contribution in [-0.2, 0) is 0 Å². The van der Waals surface area contributed by atoms with E-state index in [0.29, 0.717) is 12.0 Å². The van der Waals surface area contributed by atoms with E-state index in [1.54, 1.807) is 0 Å². The lowest BCUT2D eigenvalue weighted by Gasteiger charge is -2.22. The van der Waals surface area contributed by atoms with E-state index in [0.717, 1.165) is 16.7 Å². The van der Waals surface area contributed by atoms with Crippen molar-refractivity contribution in [2.75, 3.05) is 5.32 Å². The van der Waals surface area contributed by atoms with E-state index in [1.165, 1.54) is 18.4 Å². The lowest BCUT2D eigenvalue weighted by atomic mass is 10.0. The van der Waals surface area contributed by atoms with E-state index in [9.17, 15) is 0 Å². The highest BCUT2D eigenvalue weighted by Gasteiger charge is 2.35. The molecule has 3 heteroatoms. The Morgan fingerprint density at radius 1 is 1.28 bits per heavy atom. The molecule has 0 spiro atoms. The normalized spacial score (nSPS) is 28.4. The first-order chi connectivity index (χ1) is 8.70. The topological polar surface area (TPSA) is 24.1 Å². The van der Waals surface area contributed by atoms with Crippen LogP contribution in [0.1, 0.15) is 18.4 Å². The van der Waals surface area contributed by atoms with E-state index in [2.05, 4.69) is 41.8 Å². The Balaban J connectivity index is 1.58. The monoisotopic (exact) mass is 258 g/mol. The number of fused-ring (bicyclic) bond motifs is 2. The Bertz CT molecular complexity index is 495. The van der Waals surface area contributed by atoms with Crippen molar-refractivity contribution in [2.24, 2.45) is 11.8 Å². The lowest BCUT2D eigenvalue weighted by molar-refractivity contribution is 0.526. The number of allylic oxidation sites excluding steroid dienone is 1. The third-order valence-electron chi connectivity index (χ3n) is 3.87. The molecule has 0 amide bonds. The Kier molecular flexibility index (Phi) is 3.08. The molecule has 3 rings (SSSR count). The largest absolute Gasteiger partial charge is 0.359 e. The van der Waals surface area contributed by atoms with E-state index in [-0.39, 0.29) is 0 Å². The summed E-state index contributed by atoms with van der Waals surface area (Å²) in [5, 5.41) is 7.45. The number of nitrogens with one attached hydrogen (secondary N) is 2. The molecule has 3 atom stereocenters. The van der Waals surface area contributed by atoms with Crippen LogP contribution in [-0.4, -0.2) is 11.2 Å². The van der Waals surface area contributed by atoms with Crippen molar-refractivity contribution < 1.29 is 0 Å². The summed E-state index contributed by atoms with van der Waals surface area (Å²) in [7, 11) is 0. The van der Waals surface area contributed by atoms with Crippen molar-refractivity contribution in [3.8, 4) is 0 Å². The molecule has 1 saturated carbocycles. The van der Waals surface area contributed by atoms with Gasteiger partial charge in [-0.25, -0.2) is 0 Å². The smallest absolute Gasteiger partial charge is 0.171 e. The fourth-order valence-electron chi connectivity index (χ4n) is 3.01. The molecule has 2 aliphatic carbocycles. The average Bonchev–Trinajstić information content (AvgIpc) is 2.90. The van der Waals surface area contributed by atoms with Gasteiger partial charge in [-0.05, 0) is 61.5 Å². The maximum absolute atomic E-state index is 5.39. The van der Waals surface area contributed by atoms with Crippen LogP contribution in [0.15, 0.2) is 36.4 Å². The Labute approximate surface area is 113 Å². The van der Waals surface area contributed by atoms with Crippen LogP contribution in [0, 0.1) is 18.8 Å². The van der Waals surface area contributed by atoms with Gasteiger partial charge < -0.3 is 10.6 Å². The summed E-state index contributed by atoms with van der Waals surface area (Å²) in [6.07, 6.45) is 7.20. The molecule has 1 aromatic carbocycles. The molecule has 2 bridgehead atoms. The van der Waals surface area contributed by atoms with Gasteiger partial charge in [0.05, 0.1) is 0 Å². The molecule has 1 fully saturated rings. The van der Waals surface area contributed by atoms with E-state index >= 15 is 0 Å².